The maximum absolute atomic E-state index is 12.1. The summed E-state index contributed by atoms with van der Waals surface area (Å²) in [5.74, 6) is -0.248. The molecule has 1 amide bonds. The van der Waals surface area contributed by atoms with Gasteiger partial charge in [-0.3, -0.25) is 4.79 Å². The number of hydrogen-bond donors (Lipinski definition) is 3. The Kier molecular flexibility index (Phi) is 9.98. The van der Waals surface area contributed by atoms with Crippen LogP contribution >= 0.6 is 12.4 Å². The van der Waals surface area contributed by atoms with Crippen LogP contribution in [0.4, 0.5) is 5.69 Å². The number of nitrogens with one attached hydrogen (secondary N) is 2. The molecule has 0 fully saturated rings. The van der Waals surface area contributed by atoms with Crippen molar-refractivity contribution in [2.75, 3.05) is 25.0 Å². The largest absolute Gasteiger partial charge is 0.376 e. The highest BCUT2D eigenvalue weighted by molar-refractivity contribution is 7.89. The van der Waals surface area contributed by atoms with Gasteiger partial charge in [0.05, 0.1) is 24.5 Å². The summed E-state index contributed by atoms with van der Waals surface area (Å²) in [6, 6.07) is 15.7. The number of hydrogen-bond acceptors (Lipinski definition) is 5. The van der Waals surface area contributed by atoms with Crippen molar-refractivity contribution in [1.82, 2.24) is 4.72 Å². The van der Waals surface area contributed by atoms with Gasteiger partial charge in [-0.15, -0.1) is 12.4 Å². The first kappa shape index (κ1) is 23.1. The van der Waals surface area contributed by atoms with Gasteiger partial charge in [-0.25, -0.2) is 13.1 Å². The summed E-state index contributed by atoms with van der Waals surface area (Å²) in [6.45, 7) is 1.07. The standard InChI is InChI=1S/C18H23N3O4S.ClH/c19-10-11-20-26(23,24)17-8-4-7-16(13-17)21-18(22)9-12-25-14-15-5-2-1-3-6-15;/h1-8,13,20H,9-12,14,19H2,(H,21,22);1H. The Morgan fingerprint density at radius 3 is 2.52 bits per heavy atom. The lowest BCUT2D eigenvalue weighted by atomic mass is 10.2. The van der Waals surface area contributed by atoms with Gasteiger partial charge >= 0.3 is 0 Å². The molecule has 0 bridgehead atoms. The van der Waals surface area contributed by atoms with E-state index in [1.165, 1.54) is 12.1 Å². The van der Waals surface area contributed by atoms with Crippen LogP contribution in [0.2, 0.25) is 0 Å². The zero-order chi connectivity index (χ0) is 18.8. The van der Waals surface area contributed by atoms with E-state index in [1.54, 1.807) is 12.1 Å². The van der Waals surface area contributed by atoms with Crippen LogP contribution in [0.3, 0.4) is 0 Å². The van der Waals surface area contributed by atoms with Crippen LogP contribution in [0.5, 0.6) is 0 Å². The third-order valence-corrected chi connectivity index (χ3v) is 4.91. The number of nitrogens with two attached hydrogens (primary N) is 1. The van der Waals surface area contributed by atoms with Crippen molar-refractivity contribution in [2.24, 2.45) is 5.73 Å². The highest BCUT2D eigenvalue weighted by atomic mass is 35.5. The number of anilines is 1. The first-order valence-corrected chi connectivity index (χ1v) is 9.71. The third kappa shape index (κ3) is 8.06. The van der Waals surface area contributed by atoms with Crippen LogP contribution in [0.25, 0.3) is 0 Å². The van der Waals surface area contributed by atoms with Crippen molar-refractivity contribution in [1.29, 1.82) is 0 Å². The van der Waals surface area contributed by atoms with E-state index in [0.29, 0.717) is 12.3 Å². The zero-order valence-corrected chi connectivity index (χ0v) is 16.4. The fourth-order valence-electron chi connectivity index (χ4n) is 2.17. The first-order valence-electron chi connectivity index (χ1n) is 8.22. The summed E-state index contributed by atoms with van der Waals surface area (Å²) in [7, 11) is -3.64. The van der Waals surface area contributed by atoms with Gasteiger partial charge in [-0.1, -0.05) is 36.4 Å². The Hall–Kier alpha value is -1.97. The lowest BCUT2D eigenvalue weighted by Gasteiger charge is -2.09. The van der Waals surface area contributed by atoms with E-state index in [0.717, 1.165) is 5.56 Å². The molecule has 2 rings (SSSR count). The summed E-state index contributed by atoms with van der Waals surface area (Å²) in [5.41, 5.74) is 6.76. The monoisotopic (exact) mass is 413 g/mol. The highest BCUT2D eigenvalue weighted by Gasteiger charge is 2.14. The Morgan fingerprint density at radius 1 is 1.07 bits per heavy atom. The summed E-state index contributed by atoms with van der Waals surface area (Å²) < 4.78 is 32.0. The normalized spacial score (nSPS) is 10.9. The second-order valence-corrected chi connectivity index (χ2v) is 7.32. The predicted molar refractivity (Wildman–Crippen MR) is 107 cm³/mol. The lowest BCUT2D eigenvalue weighted by Crippen LogP contribution is -2.29. The lowest BCUT2D eigenvalue weighted by molar-refractivity contribution is -0.117. The second-order valence-electron chi connectivity index (χ2n) is 5.55. The van der Waals surface area contributed by atoms with Crippen LogP contribution < -0.4 is 15.8 Å². The van der Waals surface area contributed by atoms with Crippen molar-refractivity contribution in [3.63, 3.8) is 0 Å². The molecule has 0 aliphatic heterocycles. The van der Waals surface area contributed by atoms with Crippen LogP contribution in [0.1, 0.15) is 12.0 Å². The van der Waals surface area contributed by atoms with Crippen molar-refractivity contribution >= 4 is 34.0 Å². The molecule has 0 saturated carbocycles. The fourth-order valence-corrected chi connectivity index (χ4v) is 3.26. The molecule has 0 aliphatic rings. The number of rotatable bonds is 10. The van der Waals surface area contributed by atoms with Gasteiger partial charge in [0.1, 0.15) is 0 Å². The number of halogens is 1. The number of carbonyl (C=O) groups excluding carboxylic acids is 1. The minimum Gasteiger partial charge on any atom is -0.376 e. The number of carbonyl (C=O) groups is 1. The van der Waals surface area contributed by atoms with Crippen molar-refractivity contribution in [3.8, 4) is 0 Å². The van der Waals surface area contributed by atoms with E-state index in [1.807, 2.05) is 30.3 Å². The van der Waals surface area contributed by atoms with Crippen LogP contribution in [-0.2, 0) is 26.2 Å². The van der Waals surface area contributed by atoms with Gasteiger partial charge < -0.3 is 15.8 Å². The van der Waals surface area contributed by atoms with E-state index in [9.17, 15) is 13.2 Å². The van der Waals surface area contributed by atoms with E-state index in [4.69, 9.17) is 10.5 Å². The average Bonchev–Trinajstić information content (AvgIpc) is 2.65. The quantitative estimate of drug-likeness (QED) is 0.515. The molecule has 0 saturated heterocycles. The Labute approximate surface area is 165 Å². The minimum absolute atomic E-state index is 0. The zero-order valence-electron chi connectivity index (χ0n) is 14.8. The maximum atomic E-state index is 12.1. The summed E-state index contributed by atoms with van der Waals surface area (Å²) in [5, 5.41) is 2.67. The molecule has 9 heteroatoms. The molecule has 148 valence electrons. The predicted octanol–water partition coefficient (Wildman–Crippen LogP) is 1.89. The van der Waals surface area contributed by atoms with E-state index in [-0.39, 0.29) is 49.3 Å². The average molecular weight is 414 g/mol. The highest BCUT2D eigenvalue weighted by Crippen LogP contribution is 2.15. The maximum Gasteiger partial charge on any atom is 0.240 e. The van der Waals surface area contributed by atoms with Crippen molar-refractivity contribution < 1.29 is 17.9 Å². The number of ether oxygens (including phenoxy) is 1. The topological polar surface area (TPSA) is 111 Å². The van der Waals surface area contributed by atoms with Gasteiger partial charge in [0, 0.05) is 18.8 Å². The molecule has 7 nitrogen and oxygen atoms in total. The van der Waals surface area contributed by atoms with E-state index in [2.05, 4.69) is 10.0 Å². The molecule has 0 heterocycles. The molecular formula is C18H24ClN3O4S. The molecule has 2 aromatic carbocycles. The Bertz CT molecular complexity index is 816. The molecule has 0 aliphatic carbocycles. The van der Waals surface area contributed by atoms with Crippen molar-refractivity contribution in [2.45, 2.75) is 17.9 Å². The van der Waals surface area contributed by atoms with Crippen LogP contribution in [0.15, 0.2) is 59.5 Å². The van der Waals surface area contributed by atoms with Crippen LogP contribution in [-0.4, -0.2) is 34.0 Å². The summed E-state index contributed by atoms with van der Waals surface area (Å²) in [6.07, 6.45) is 0.176. The Balaban J connectivity index is 0.00000364. The van der Waals surface area contributed by atoms with Gasteiger partial charge in [-0.05, 0) is 23.8 Å². The SMILES string of the molecule is Cl.NCCNS(=O)(=O)c1cccc(NC(=O)CCOCc2ccccc2)c1. The molecular weight excluding hydrogens is 390 g/mol. The molecule has 0 radical (unpaired) electrons. The number of benzene rings is 2. The van der Waals surface area contributed by atoms with E-state index < -0.39 is 10.0 Å². The smallest absolute Gasteiger partial charge is 0.240 e. The minimum atomic E-state index is -3.64. The molecule has 0 spiro atoms. The summed E-state index contributed by atoms with van der Waals surface area (Å²) >= 11 is 0. The van der Waals surface area contributed by atoms with Crippen molar-refractivity contribution in [3.05, 3.63) is 60.2 Å². The number of sulfonamides is 1. The Morgan fingerprint density at radius 2 is 1.81 bits per heavy atom. The second kappa shape index (κ2) is 11.7. The van der Waals surface area contributed by atoms with Gasteiger partial charge in [-0.2, -0.15) is 0 Å². The molecule has 2 aromatic rings. The number of amides is 1. The van der Waals surface area contributed by atoms with Crippen LogP contribution in [0, 0.1) is 0 Å². The molecule has 0 unspecified atom stereocenters. The van der Waals surface area contributed by atoms with Gasteiger partial charge in [0.25, 0.3) is 0 Å². The van der Waals surface area contributed by atoms with E-state index >= 15 is 0 Å². The fraction of sp³-hybridized carbons (Fsp3) is 0.278. The molecule has 0 aromatic heterocycles. The molecule has 0 atom stereocenters. The van der Waals surface area contributed by atoms with Gasteiger partial charge in [0.2, 0.25) is 15.9 Å². The third-order valence-electron chi connectivity index (χ3n) is 3.45. The summed E-state index contributed by atoms with van der Waals surface area (Å²) in [4.78, 5) is 12.1. The first-order chi connectivity index (χ1) is 12.5. The molecule has 27 heavy (non-hydrogen) atoms. The van der Waals surface area contributed by atoms with Gasteiger partial charge in [0.15, 0.2) is 0 Å². The molecule has 4 N–H and O–H groups in total.